The van der Waals surface area contributed by atoms with Gasteiger partial charge in [-0.1, -0.05) is 24.0 Å². The van der Waals surface area contributed by atoms with E-state index in [-0.39, 0.29) is 5.82 Å². The zero-order chi connectivity index (χ0) is 16.7. The molecule has 0 aromatic heterocycles. The van der Waals surface area contributed by atoms with Crippen molar-refractivity contribution in [1.29, 1.82) is 0 Å². The van der Waals surface area contributed by atoms with Gasteiger partial charge in [0, 0.05) is 30.3 Å². The molecule has 0 amide bonds. The molecule has 1 atom stereocenters. The molecule has 122 valence electrons. The van der Waals surface area contributed by atoms with Gasteiger partial charge in [0.1, 0.15) is 5.82 Å². The fourth-order valence-corrected chi connectivity index (χ4v) is 3.81. The van der Waals surface area contributed by atoms with Gasteiger partial charge in [-0.15, -0.1) is 0 Å². The van der Waals surface area contributed by atoms with Crippen LogP contribution in [0.15, 0.2) is 42.5 Å². The first-order chi connectivity index (χ1) is 11.5. The van der Waals surface area contributed by atoms with Gasteiger partial charge >= 0.3 is 0 Å². The van der Waals surface area contributed by atoms with Gasteiger partial charge < -0.3 is 5.11 Å². The van der Waals surface area contributed by atoms with Gasteiger partial charge in [-0.05, 0) is 61.2 Å². The summed E-state index contributed by atoms with van der Waals surface area (Å²) in [6, 6.07) is 13.1. The highest BCUT2D eigenvalue weighted by molar-refractivity contribution is 5.47. The van der Waals surface area contributed by atoms with Crippen LogP contribution < -0.4 is 0 Å². The van der Waals surface area contributed by atoms with E-state index in [4.69, 9.17) is 0 Å². The molecule has 0 radical (unpaired) electrons. The van der Waals surface area contributed by atoms with E-state index in [1.54, 1.807) is 6.07 Å². The molecule has 3 heteroatoms. The summed E-state index contributed by atoms with van der Waals surface area (Å²) in [6.45, 7) is 3.39. The second-order valence-electron chi connectivity index (χ2n) is 7.13. The highest BCUT2D eigenvalue weighted by atomic mass is 19.1. The van der Waals surface area contributed by atoms with Gasteiger partial charge in [-0.2, -0.15) is 0 Å². The minimum absolute atomic E-state index is 0.260. The minimum Gasteiger partial charge on any atom is -0.388 e. The van der Waals surface area contributed by atoms with Crippen LogP contribution in [0.25, 0.3) is 0 Å². The van der Waals surface area contributed by atoms with Gasteiger partial charge in [0.15, 0.2) is 0 Å². The van der Waals surface area contributed by atoms with E-state index in [0.717, 1.165) is 31.5 Å². The van der Waals surface area contributed by atoms with Crippen LogP contribution in [0.1, 0.15) is 41.6 Å². The van der Waals surface area contributed by atoms with Crippen molar-refractivity contribution in [2.75, 3.05) is 13.1 Å². The van der Waals surface area contributed by atoms with E-state index in [1.807, 2.05) is 19.1 Å². The molecule has 1 aliphatic carbocycles. The number of halogens is 1. The van der Waals surface area contributed by atoms with E-state index in [0.29, 0.717) is 11.6 Å². The first-order valence-corrected chi connectivity index (χ1v) is 8.37. The number of benzene rings is 2. The summed E-state index contributed by atoms with van der Waals surface area (Å²) < 4.78 is 13.2. The van der Waals surface area contributed by atoms with Gasteiger partial charge in [0.25, 0.3) is 0 Å². The molecule has 0 saturated carbocycles. The summed E-state index contributed by atoms with van der Waals surface area (Å²) in [5.74, 6) is 5.90. The molecule has 1 fully saturated rings. The van der Waals surface area contributed by atoms with Crippen LogP contribution in [0.5, 0.6) is 0 Å². The predicted octanol–water partition coefficient (Wildman–Crippen LogP) is 3.28. The summed E-state index contributed by atoms with van der Waals surface area (Å²) in [4.78, 5) is 2.35. The normalized spacial score (nSPS) is 21.5. The molecule has 1 saturated heterocycles. The van der Waals surface area contributed by atoms with Crippen LogP contribution in [0, 0.1) is 17.7 Å². The second kappa shape index (κ2) is 5.73. The third-order valence-electron chi connectivity index (χ3n) is 4.89. The Morgan fingerprint density at radius 3 is 2.58 bits per heavy atom. The van der Waals surface area contributed by atoms with Gasteiger partial charge in [-0.25, -0.2) is 4.39 Å². The average molecular weight is 321 g/mol. The van der Waals surface area contributed by atoms with Crippen LogP contribution in [0.3, 0.4) is 0 Å². The molecule has 0 spiro atoms. The number of rotatable bonds is 1. The third kappa shape index (κ3) is 2.96. The van der Waals surface area contributed by atoms with Crippen LogP contribution in [0.2, 0.25) is 0 Å². The van der Waals surface area contributed by atoms with Gasteiger partial charge in [0.05, 0.1) is 5.60 Å². The molecule has 1 heterocycles. The fourth-order valence-electron chi connectivity index (χ4n) is 3.81. The first kappa shape index (κ1) is 15.4. The SMILES string of the molecule is CC1(O)CN(C2CCc3cc(C#Cc4cccc(F)c4)ccc32)C1. The molecule has 2 aliphatic rings. The second-order valence-corrected chi connectivity index (χ2v) is 7.13. The largest absolute Gasteiger partial charge is 0.388 e. The Balaban J connectivity index is 1.53. The van der Waals surface area contributed by atoms with Crippen LogP contribution in [-0.4, -0.2) is 28.7 Å². The van der Waals surface area contributed by atoms with E-state index in [1.165, 1.54) is 23.3 Å². The number of fused-ring (bicyclic) bond motifs is 1. The Labute approximate surface area is 141 Å². The molecule has 1 unspecified atom stereocenters. The molecule has 1 N–H and O–H groups in total. The minimum atomic E-state index is -0.529. The Hall–Kier alpha value is -2.15. The van der Waals surface area contributed by atoms with Crippen molar-refractivity contribution in [2.45, 2.75) is 31.4 Å². The Bertz CT molecular complexity index is 838. The molecule has 1 aliphatic heterocycles. The number of likely N-dealkylation sites (tertiary alicyclic amines) is 1. The number of aryl methyl sites for hydroxylation is 1. The third-order valence-corrected chi connectivity index (χ3v) is 4.89. The van der Waals surface area contributed by atoms with Crippen molar-refractivity contribution >= 4 is 0 Å². The lowest BCUT2D eigenvalue weighted by Crippen LogP contribution is -2.60. The standard InChI is InChI=1S/C21H20FNO/c1-21(24)13-23(14-21)20-10-8-17-11-16(7-9-19(17)20)6-5-15-3-2-4-18(22)12-15/h2-4,7,9,11-12,20,24H,8,10,13-14H2,1H3. The molecule has 24 heavy (non-hydrogen) atoms. The van der Waals surface area contributed by atoms with E-state index < -0.39 is 5.60 Å². The monoisotopic (exact) mass is 321 g/mol. The maximum absolute atomic E-state index is 13.2. The number of hydrogen-bond acceptors (Lipinski definition) is 2. The van der Waals surface area contributed by atoms with Crippen molar-refractivity contribution < 1.29 is 9.50 Å². The van der Waals surface area contributed by atoms with Crippen molar-refractivity contribution in [1.82, 2.24) is 4.90 Å². The lowest BCUT2D eigenvalue weighted by molar-refractivity contribution is -0.103. The van der Waals surface area contributed by atoms with Crippen molar-refractivity contribution in [3.8, 4) is 11.8 Å². The maximum atomic E-state index is 13.2. The van der Waals surface area contributed by atoms with Crippen molar-refractivity contribution in [3.63, 3.8) is 0 Å². The Morgan fingerprint density at radius 1 is 1.12 bits per heavy atom. The Morgan fingerprint density at radius 2 is 1.88 bits per heavy atom. The van der Waals surface area contributed by atoms with Crippen LogP contribution >= 0.6 is 0 Å². The molecule has 0 bridgehead atoms. The number of hydrogen-bond donors (Lipinski definition) is 1. The lowest BCUT2D eigenvalue weighted by atomic mass is 9.92. The zero-order valence-corrected chi connectivity index (χ0v) is 13.7. The summed E-state index contributed by atoms with van der Waals surface area (Å²) >= 11 is 0. The molecule has 2 nitrogen and oxygen atoms in total. The molecule has 4 rings (SSSR count). The highest BCUT2D eigenvalue weighted by Gasteiger charge is 2.42. The van der Waals surface area contributed by atoms with E-state index in [9.17, 15) is 9.50 Å². The molecule has 2 aromatic rings. The summed E-state index contributed by atoms with van der Waals surface area (Å²) in [5.41, 5.74) is 3.84. The molecule has 2 aromatic carbocycles. The summed E-state index contributed by atoms with van der Waals surface area (Å²) in [7, 11) is 0. The summed E-state index contributed by atoms with van der Waals surface area (Å²) in [6.07, 6.45) is 2.15. The van der Waals surface area contributed by atoms with E-state index in [2.05, 4.69) is 28.9 Å². The quantitative estimate of drug-likeness (QED) is 0.815. The van der Waals surface area contributed by atoms with Crippen molar-refractivity contribution in [2.24, 2.45) is 0 Å². The topological polar surface area (TPSA) is 23.5 Å². The predicted molar refractivity (Wildman–Crippen MR) is 92.1 cm³/mol. The summed E-state index contributed by atoms with van der Waals surface area (Å²) in [5, 5.41) is 9.95. The highest BCUT2D eigenvalue weighted by Crippen LogP contribution is 2.40. The lowest BCUT2D eigenvalue weighted by Gasteiger charge is -2.47. The van der Waals surface area contributed by atoms with Crippen LogP contribution in [0.4, 0.5) is 4.39 Å². The average Bonchev–Trinajstić information content (AvgIpc) is 2.93. The fraction of sp³-hybridized carbons (Fsp3) is 0.333. The number of aliphatic hydroxyl groups is 1. The number of β-amino-alcohol motifs (C(OH)–C–C–N with tert-alkyl or cyclic N) is 1. The van der Waals surface area contributed by atoms with Gasteiger partial charge in [-0.3, -0.25) is 4.90 Å². The zero-order valence-electron chi connectivity index (χ0n) is 13.7. The first-order valence-electron chi connectivity index (χ1n) is 8.37. The molecular weight excluding hydrogens is 301 g/mol. The van der Waals surface area contributed by atoms with Crippen LogP contribution in [-0.2, 0) is 6.42 Å². The van der Waals surface area contributed by atoms with Gasteiger partial charge in [0.2, 0.25) is 0 Å². The maximum Gasteiger partial charge on any atom is 0.124 e. The van der Waals surface area contributed by atoms with E-state index >= 15 is 0 Å². The number of nitrogens with zero attached hydrogens (tertiary/aromatic N) is 1. The Kier molecular flexibility index (Phi) is 3.68. The molecular formula is C21H20FNO. The van der Waals surface area contributed by atoms with Crippen molar-refractivity contribution in [3.05, 3.63) is 70.5 Å². The smallest absolute Gasteiger partial charge is 0.124 e.